The van der Waals surface area contributed by atoms with Gasteiger partial charge in [0.2, 0.25) is 5.91 Å². The summed E-state index contributed by atoms with van der Waals surface area (Å²) in [4.78, 5) is 15.6. The van der Waals surface area contributed by atoms with Gasteiger partial charge < -0.3 is 11.1 Å². The second-order valence-electron chi connectivity index (χ2n) is 4.12. The normalized spacial score (nSPS) is 12.4. The number of aryl methyl sites for hydroxylation is 1. The molecule has 0 saturated heterocycles. The number of nitrogens with zero attached hydrogens (tertiary/aromatic N) is 3. The van der Waals surface area contributed by atoms with Crippen molar-refractivity contribution in [1.82, 2.24) is 20.1 Å². The quantitative estimate of drug-likeness (QED) is 0.701. The van der Waals surface area contributed by atoms with Crippen molar-refractivity contribution in [3.63, 3.8) is 0 Å². The summed E-state index contributed by atoms with van der Waals surface area (Å²) in [5.74, 6) is 0.643. The van der Waals surface area contributed by atoms with Crippen LogP contribution in [0.5, 0.6) is 0 Å². The summed E-state index contributed by atoms with van der Waals surface area (Å²) in [5, 5.41) is 6.92. The maximum atomic E-state index is 11.6. The highest BCUT2D eigenvalue weighted by molar-refractivity contribution is 5.81. The first kappa shape index (κ1) is 13.6. The van der Waals surface area contributed by atoms with E-state index in [1.54, 1.807) is 11.0 Å². The van der Waals surface area contributed by atoms with Crippen LogP contribution in [0.4, 0.5) is 0 Å². The Kier molecular flexibility index (Phi) is 5.62. The van der Waals surface area contributed by atoms with Crippen LogP contribution in [0.15, 0.2) is 6.33 Å². The summed E-state index contributed by atoms with van der Waals surface area (Å²) in [6.45, 7) is 2.61. The van der Waals surface area contributed by atoms with Gasteiger partial charge in [0.15, 0.2) is 5.82 Å². The van der Waals surface area contributed by atoms with Gasteiger partial charge in [-0.15, -0.1) is 0 Å². The Hall–Kier alpha value is -1.43. The van der Waals surface area contributed by atoms with Crippen molar-refractivity contribution in [1.29, 1.82) is 0 Å². The second kappa shape index (κ2) is 7.01. The molecule has 17 heavy (non-hydrogen) atoms. The molecular weight excluding hydrogens is 218 g/mol. The van der Waals surface area contributed by atoms with Crippen molar-refractivity contribution in [2.45, 2.75) is 38.6 Å². The summed E-state index contributed by atoms with van der Waals surface area (Å²) in [6, 6.07) is -0.397. The van der Waals surface area contributed by atoms with Gasteiger partial charge in [-0.05, 0) is 6.42 Å². The number of amides is 1. The minimum absolute atomic E-state index is 0.0885. The molecule has 0 aromatic carbocycles. The highest BCUT2D eigenvalue weighted by Gasteiger charge is 2.11. The van der Waals surface area contributed by atoms with Crippen LogP contribution in [0, 0.1) is 0 Å². The molecule has 0 aliphatic heterocycles. The van der Waals surface area contributed by atoms with Crippen LogP contribution in [0.25, 0.3) is 0 Å². The van der Waals surface area contributed by atoms with Gasteiger partial charge in [-0.25, -0.2) is 4.98 Å². The summed E-state index contributed by atoms with van der Waals surface area (Å²) in [7, 11) is 1.82. The molecule has 6 heteroatoms. The Morgan fingerprint density at radius 2 is 2.41 bits per heavy atom. The molecule has 1 aromatic rings. The van der Waals surface area contributed by atoms with E-state index in [0.29, 0.717) is 13.0 Å². The molecule has 1 amide bonds. The third kappa shape index (κ3) is 4.95. The third-order valence-corrected chi connectivity index (χ3v) is 2.50. The molecule has 3 N–H and O–H groups in total. The standard InChI is InChI=1S/C11H21N5O/c1-3-4-5-9(12)11(17)13-7-6-10-14-8-16(2)15-10/h8-9H,3-7,12H2,1-2H3,(H,13,17)/t9-/m0/s1. The number of aromatic nitrogens is 3. The van der Waals surface area contributed by atoms with Gasteiger partial charge in [0.05, 0.1) is 6.04 Å². The van der Waals surface area contributed by atoms with Crippen molar-refractivity contribution in [2.24, 2.45) is 12.8 Å². The predicted octanol–water partition coefficient (Wildman–Crippen LogP) is -0.00870. The molecule has 6 nitrogen and oxygen atoms in total. The van der Waals surface area contributed by atoms with Gasteiger partial charge in [-0.1, -0.05) is 19.8 Å². The monoisotopic (exact) mass is 239 g/mol. The molecule has 0 fully saturated rings. The molecule has 96 valence electrons. The highest BCUT2D eigenvalue weighted by atomic mass is 16.2. The Morgan fingerprint density at radius 3 is 3.00 bits per heavy atom. The fourth-order valence-electron chi connectivity index (χ4n) is 1.48. The third-order valence-electron chi connectivity index (χ3n) is 2.50. The van der Waals surface area contributed by atoms with E-state index in [4.69, 9.17) is 5.73 Å². The Balaban J connectivity index is 2.19. The minimum atomic E-state index is -0.397. The van der Waals surface area contributed by atoms with E-state index in [1.807, 2.05) is 7.05 Å². The largest absolute Gasteiger partial charge is 0.354 e. The topological polar surface area (TPSA) is 85.8 Å². The summed E-state index contributed by atoms with van der Waals surface area (Å²) in [6.07, 6.45) is 5.05. The van der Waals surface area contributed by atoms with Crippen molar-refractivity contribution >= 4 is 5.91 Å². The molecule has 0 aliphatic carbocycles. The molecule has 0 saturated carbocycles. The fraction of sp³-hybridized carbons (Fsp3) is 0.727. The maximum absolute atomic E-state index is 11.6. The number of hydrogen-bond acceptors (Lipinski definition) is 4. The van der Waals surface area contributed by atoms with Gasteiger partial charge in [-0.2, -0.15) is 5.10 Å². The molecule has 0 radical (unpaired) electrons. The molecule has 1 heterocycles. The fourth-order valence-corrected chi connectivity index (χ4v) is 1.48. The van der Waals surface area contributed by atoms with Crippen LogP contribution in [-0.4, -0.2) is 33.3 Å². The summed E-state index contributed by atoms with van der Waals surface area (Å²) >= 11 is 0. The molecule has 0 aliphatic rings. The number of rotatable bonds is 7. The van der Waals surface area contributed by atoms with E-state index in [2.05, 4.69) is 22.3 Å². The Labute approximate surface area is 102 Å². The minimum Gasteiger partial charge on any atom is -0.354 e. The number of unbranched alkanes of at least 4 members (excludes halogenated alkanes) is 1. The maximum Gasteiger partial charge on any atom is 0.236 e. The molecule has 1 aromatic heterocycles. The Morgan fingerprint density at radius 1 is 1.65 bits per heavy atom. The first-order valence-corrected chi connectivity index (χ1v) is 6.01. The van der Waals surface area contributed by atoms with Gasteiger partial charge in [0.25, 0.3) is 0 Å². The van der Waals surface area contributed by atoms with E-state index in [0.717, 1.165) is 25.1 Å². The molecular formula is C11H21N5O. The highest BCUT2D eigenvalue weighted by Crippen LogP contribution is 1.98. The molecule has 1 atom stereocenters. The number of carbonyl (C=O) groups is 1. The van der Waals surface area contributed by atoms with E-state index >= 15 is 0 Å². The number of nitrogens with two attached hydrogens (primary N) is 1. The van der Waals surface area contributed by atoms with E-state index in [9.17, 15) is 4.79 Å². The first-order valence-electron chi connectivity index (χ1n) is 6.01. The number of carbonyl (C=O) groups excluding carboxylic acids is 1. The zero-order chi connectivity index (χ0) is 12.7. The van der Waals surface area contributed by atoms with Gasteiger partial charge in [0.1, 0.15) is 6.33 Å². The van der Waals surface area contributed by atoms with Gasteiger partial charge >= 0.3 is 0 Å². The van der Waals surface area contributed by atoms with Gasteiger partial charge in [-0.3, -0.25) is 9.48 Å². The first-order chi connectivity index (χ1) is 8.13. The lowest BCUT2D eigenvalue weighted by atomic mass is 10.1. The molecule has 0 spiro atoms. The lowest BCUT2D eigenvalue weighted by molar-refractivity contribution is -0.122. The molecule has 0 bridgehead atoms. The van der Waals surface area contributed by atoms with E-state index in [-0.39, 0.29) is 5.91 Å². The summed E-state index contributed by atoms with van der Waals surface area (Å²) in [5.41, 5.74) is 5.74. The van der Waals surface area contributed by atoms with Crippen LogP contribution in [0.3, 0.4) is 0 Å². The number of nitrogens with one attached hydrogen (secondary N) is 1. The Bertz CT molecular complexity index is 349. The lowest BCUT2D eigenvalue weighted by Crippen LogP contribution is -2.41. The van der Waals surface area contributed by atoms with Crippen molar-refractivity contribution in [2.75, 3.05) is 6.54 Å². The van der Waals surface area contributed by atoms with Crippen molar-refractivity contribution in [3.8, 4) is 0 Å². The molecule has 0 unspecified atom stereocenters. The average Bonchev–Trinajstić information content (AvgIpc) is 2.71. The van der Waals surface area contributed by atoms with Crippen LogP contribution in [0.1, 0.15) is 32.0 Å². The zero-order valence-electron chi connectivity index (χ0n) is 10.5. The number of hydrogen-bond donors (Lipinski definition) is 2. The van der Waals surface area contributed by atoms with Crippen LogP contribution in [-0.2, 0) is 18.3 Å². The van der Waals surface area contributed by atoms with Crippen LogP contribution < -0.4 is 11.1 Å². The second-order valence-corrected chi connectivity index (χ2v) is 4.12. The average molecular weight is 239 g/mol. The van der Waals surface area contributed by atoms with Gasteiger partial charge in [0, 0.05) is 20.0 Å². The lowest BCUT2D eigenvalue weighted by Gasteiger charge is -2.10. The predicted molar refractivity (Wildman–Crippen MR) is 65.2 cm³/mol. The van der Waals surface area contributed by atoms with Crippen LogP contribution in [0.2, 0.25) is 0 Å². The molecule has 1 rings (SSSR count). The van der Waals surface area contributed by atoms with E-state index < -0.39 is 6.04 Å². The van der Waals surface area contributed by atoms with Crippen LogP contribution >= 0.6 is 0 Å². The zero-order valence-corrected chi connectivity index (χ0v) is 10.5. The van der Waals surface area contributed by atoms with Crippen molar-refractivity contribution < 1.29 is 4.79 Å². The van der Waals surface area contributed by atoms with E-state index in [1.165, 1.54) is 0 Å². The SMILES string of the molecule is CCCC[C@H](N)C(=O)NCCc1ncn(C)n1. The van der Waals surface area contributed by atoms with Crippen molar-refractivity contribution in [3.05, 3.63) is 12.2 Å². The summed E-state index contributed by atoms with van der Waals surface area (Å²) < 4.78 is 1.64. The smallest absolute Gasteiger partial charge is 0.236 e.